The molecule has 0 bridgehead atoms. The van der Waals surface area contributed by atoms with Gasteiger partial charge in [-0.2, -0.15) is 0 Å². The summed E-state index contributed by atoms with van der Waals surface area (Å²) in [6.07, 6.45) is 1.96. The molecule has 2 aromatic heterocycles. The summed E-state index contributed by atoms with van der Waals surface area (Å²) in [4.78, 5) is 10.2. The normalized spacial score (nSPS) is 11.6. The molecule has 0 fully saturated rings. The van der Waals surface area contributed by atoms with E-state index in [2.05, 4.69) is 170 Å². The number of hydrogen-bond acceptors (Lipinski definition) is 2. The summed E-state index contributed by atoms with van der Waals surface area (Å²) in [5.74, 6) is 0. The molecule has 0 aliphatic heterocycles. The van der Waals surface area contributed by atoms with Crippen LogP contribution in [0.25, 0.3) is 98.8 Å². The summed E-state index contributed by atoms with van der Waals surface area (Å²) in [6, 6.07) is 63.2. The number of pyridine rings is 2. The molecule has 0 unspecified atom stereocenters. The van der Waals surface area contributed by atoms with Gasteiger partial charge in [0.05, 0.1) is 16.7 Å². The maximum atomic E-state index is 5.25. The zero-order chi connectivity index (χ0) is 33.0. The molecule has 0 radical (unpaired) electrons. The van der Waals surface area contributed by atoms with Crippen LogP contribution in [0, 0.1) is 0 Å². The van der Waals surface area contributed by atoms with Gasteiger partial charge in [0, 0.05) is 28.1 Å². The van der Waals surface area contributed by atoms with Crippen LogP contribution in [0.1, 0.15) is 0 Å². The van der Waals surface area contributed by atoms with E-state index in [1.54, 1.807) is 0 Å². The van der Waals surface area contributed by atoms with Gasteiger partial charge in [-0.25, -0.2) is 4.98 Å². The van der Waals surface area contributed by atoms with Crippen molar-refractivity contribution >= 4 is 54.1 Å². The van der Waals surface area contributed by atoms with Crippen LogP contribution in [0.4, 0.5) is 0 Å². The molecule has 8 aromatic carbocycles. The number of nitrogens with zero attached hydrogens (tertiary/aromatic N) is 2. The lowest BCUT2D eigenvalue weighted by Gasteiger charge is -2.18. The molecule has 0 spiro atoms. The van der Waals surface area contributed by atoms with Crippen LogP contribution in [0.3, 0.4) is 0 Å². The quantitative estimate of drug-likeness (QED) is 0.142. The van der Waals surface area contributed by atoms with E-state index in [0.29, 0.717) is 0 Å². The van der Waals surface area contributed by atoms with Crippen LogP contribution >= 0.6 is 0 Å². The Bertz CT molecular complexity index is 2870. The zero-order valence-electron chi connectivity index (χ0n) is 27.2. The molecule has 0 N–H and O–H groups in total. The van der Waals surface area contributed by atoms with Crippen LogP contribution in [-0.4, -0.2) is 9.97 Å². The molecule has 0 amide bonds. The fourth-order valence-electron chi connectivity index (χ4n) is 7.66. The number of benzene rings is 8. The largest absolute Gasteiger partial charge is 0.253 e. The van der Waals surface area contributed by atoms with E-state index < -0.39 is 0 Å². The molecule has 0 aliphatic carbocycles. The molecule has 0 aliphatic rings. The minimum Gasteiger partial charge on any atom is -0.253 e. The van der Waals surface area contributed by atoms with Gasteiger partial charge in [-0.15, -0.1) is 0 Å². The van der Waals surface area contributed by atoms with Gasteiger partial charge in [-0.1, -0.05) is 152 Å². The van der Waals surface area contributed by atoms with Crippen molar-refractivity contribution in [2.75, 3.05) is 0 Å². The SMILES string of the molecule is c1ccc(-c2cnc3c(ccc4ccc(-c5cccc(-c6c7ccccc7c(-c7ccc8ccccc8c7)c7ccccc67)c5)nc43)c2)cc1. The summed E-state index contributed by atoms with van der Waals surface area (Å²) < 4.78 is 0. The predicted molar refractivity (Wildman–Crippen MR) is 211 cm³/mol. The van der Waals surface area contributed by atoms with Crippen molar-refractivity contribution in [3.8, 4) is 44.6 Å². The number of aromatic nitrogens is 2. The molecule has 0 saturated carbocycles. The third-order valence-electron chi connectivity index (χ3n) is 10.0. The Kier molecular flexibility index (Phi) is 6.53. The van der Waals surface area contributed by atoms with Gasteiger partial charge in [-0.05, 0) is 84.4 Å². The van der Waals surface area contributed by atoms with E-state index in [0.717, 1.165) is 44.2 Å². The molecule has 50 heavy (non-hydrogen) atoms. The van der Waals surface area contributed by atoms with E-state index in [9.17, 15) is 0 Å². The Hall–Kier alpha value is -6.64. The predicted octanol–water partition coefficient (Wildman–Crippen LogP) is 12.9. The van der Waals surface area contributed by atoms with Crippen LogP contribution < -0.4 is 0 Å². The monoisotopic (exact) mass is 634 g/mol. The third-order valence-corrected chi connectivity index (χ3v) is 10.0. The number of fused-ring (bicyclic) bond motifs is 6. The van der Waals surface area contributed by atoms with Gasteiger partial charge in [-0.3, -0.25) is 4.98 Å². The first-order valence-electron chi connectivity index (χ1n) is 17.1. The fraction of sp³-hybridized carbons (Fsp3) is 0. The smallest absolute Gasteiger partial charge is 0.0972 e. The second-order valence-electron chi connectivity index (χ2n) is 13.0. The number of hydrogen-bond donors (Lipinski definition) is 0. The van der Waals surface area contributed by atoms with Gasteiger partial charge in [0.25, 0.3) is 0 Å². The van der Waals surface area contributed by atoms with Crippen molar-refractivity contribution in [1.29, 1.82) is 0 Å². The highest BCUT2D eigenvalue weighted by atomic mass is 14.8. The molecule has 10 rings (SSSR count). The first-order valence-corrected chi connectivity index (χ1v) is 17.1. The first-order chi connectivity index (χ1) is 24.8. The van der Waals surface area contributed by atoms with Crippen LogP contribution in [0.2, 0.25) is 0 Å². The number of rotatable bonds is 4. The lowest BCUT2D eigenvalue weighted by molar-refractivity contribution is 1.37. The van der Waals surface area contributed by atoms with Gasteiger partial charge in [0.2, 0.25) is 0 Å². The second-order valence-corrected chi connectivity index (χ2v) is 13.0. The maximum absolute atomic E-state index is 5.25. The average Bonchev–Trinajstić information content (AvgIpc) is 3.19. The maximum Gasteiger partial charge on any atom is 0.0972 e. The molecule has 2 heterocycles. The van der Waals surface area contributed by atoms with E-state index in [1.165, 1.54) is 54.6 Å². The summed E-state index contributed by atoms with van der Waals surface area (Å²) in [5.41, 5.74) is 11.0. The molecule has 2 nitrogen and oxygen atoms in total. The Labute approximate surface area is 290 Å². The van der Waals surface area contributed by atoms with Crippen LogP contribution in [-0.2, 0) is 0 Å². The lowest BCUT2D eigenvalue weighted by atomic mass is 9.85. The molecule has 0 atom stereocenters. The summed E-state index contributed by atoms with van der Waals surface area (Å²) in [7, 11) is 0. The van der Waals surface area contributed by atoms with Gasteiger partial charge >= 0.3 is 0 Å². The second kappa shape index (κ2) is 11.5. The molecule has 10 aromatic rings. The fourth-order valence-corrected chi connectivity index (χ4v) is 7.66. The zero-order valence-corrected chi connectivity index (χ0v) is 27.2. The van der Waals surface area contributed by atoms with Crippen molar-refractivity contribution < 1.29 is 0 Å². The van der Waals surface area contributed by atoms with E-state index in [-0.39, 0.29) is 0 Å². The Morgan fingerprint density at radius 1 is 0.300 bits per heavy atom. The van der Waals surface area contributed by atoms with Gasteiger partial charge < -0.3 is 0 Å². The topological polar surface area (TPSA) is 25.8 Å². The van der Waals surface area contributed by atoms with Crippen molar-refractivity contribution in [2.24, 2.45) is 0 Å². The third kappa shape index (κ3) is 4.65. The molecular weight excluding hydrogens is 605 g/mol. The Balaban J connectivity index is 1.14. The molecule has 232 valence electrons. The van der Waals surface area contributed by atoms with E-state index in [1.807, 2.05) is 12.3 Å². The summed E-state index contributed by atoms with van der Waals surface area (Å²) in [5, 5.41) is 9.64. The van der Waals surface area contributed by atoms with Gasteiger partial charge in [0.15, 0.2) is 0 Å². The molecule has 0 saturated heterocycles. The Morgan fingerprint density at radius 3 is 1.58 bits per heavy atom. The standard InChI is InChI=1S/C48H30N2/c1-2-11-31(12-3-1)39-29-38-24-22-33-25-26-44(50-48(33)47(38)49-30-39)35-15-10-16-36(28-35)45-40-17-6-8-19-42(40)46(43-20-9-7-18-41(43)45)37-23-21-32-13-4-5-14-34(32)27-37/h1-30H. The van der Waals surface area contributed by atoms with Crippen molar-refractivity contribution in [3.05, 3.63) is 182 Å². The highest BCUT2D eigenvalue weighted by Gasteiger charge is 2.17. The summed E-state index contributed by atoms with van der Waals surface area (Å²) >= 11 is 0. The Morgan fingerprint density at radius 2 is 0.840 bits per heavy atom. The highest BCUT2D eigenvalue weighted by molar-refractivity contribution is 6.22. The van der Waals surface area contributed by atoms with Crippen molar-refractivity contribution in [1.82, 2.24) is 9.97 Å². The van der Waals surface area contributed by atoms with E-state index in [4.69, 9.17) is 9.97 Å². The molecular formula is C48H30N2. The van der Waals surface area contributed by atoms with Crippen molar-refractivity contribution in [2.45, 2.75) is 0 Å². The van der Waals surface area contributed by atoms with Crippen molar-refractivity contribution in [3.63, 3.8) is 0 Å². The average molecular weight is 635 g/mol. The van der Waals surface area contributed by atoms with Crippen LogP contribution in [0.15, 0.2) is 182 Å². The van der Waals surface area contributed by atoms with Crippen LogP contribution in [0.5, 0.6) is 0 Å². The first kappa shape index (κ1) is 28.4. The molecule has 2 heteroatoms. The highest BCUT2D eigenvalue weighted by Crippen LogP contribution is 2.44. The minimum atomic E-state index is 0.917. The lowest BCUT2D eigenvalue weighted by Crippen LogP contribution is -1.92. The minimum absolute atomic E-state index is 0.917. The summed E-state index contributed by atoms with van der Waals surface area (Å²) in [6.45, 7) is 0. The van der Waals surface area contributed by atoms with Gasteiger partial charge in [0.1, 0.15) is 0 Å². The van der Waals surface area contributed by atoms with E-state index >= 15 is 0 Å².